The second kappa shape index (κ2) is 6.00. The molecular formula is C18H16ClN3. The average Bonchev–Trinajstić information content (AvgIpc) is 2.53. The van der Waals surface area contributed by atoms with Gasteiger partial charge in [-0.2, -0.15) is 0 Å². The molecule has 3 aromatic rings. The lowest BCUT2D eigenvalue weighted by Gasteiger charge is -2.25. The van der Waals surface area contributed by atoms with Crippen molar-refractivity contribution < 1.29 is 0 Å². The molecule has 0 aliphatic carbocycles. The molecule has 0 saturated carbocycles. The summed E-state index contributed by atoms with van der Waals surface area (Å²) in [5, 5.41) is 0.707. The molecule has 3 aromatic carbocycles. The third-order valence-corrected chi connectivity index (χ3v) is 3.64. The molecule has 0 fully saturated rings. The monoisotopic (exact) mass is 309 g/mol. The highest BCUT2D eigenvalue weighted by atomic mass is 35.5. The van der Waals surface area contributed by atoms with E-state index in [9.17, 15) is 0 Å². The van der Waals surface area contributed by atoms with Gasteiger partial charge in [-0.1, -0.05) is 11.6 Å². The molecule has 0 aliphatic heterocycles. The van der Waals surface area contributed by atoms with Crippen LogP contribution in [-0.2, 0) is 0 Å². The van der Waals surface area contributed by atoms with Crippen LogP contribution in [0.1, 0.15) is 0 Å². The van der Waals surface area contributed by atoms with Crippen LogP contribution < -0.4 is 16.4 Å². The largest absolute Gasteiger partial charge is 0.399 e. The number of hydrogen-bond acceptors (Lipinski definition) is 3. The van der Waals surface area contributed by atoms with Crippen LogP contribution >= 0.6 is 11.6 Å². The van der Waals surface area contributed by atoms with Crippen LogP contribution in [-0.4, -0.2) is 0 Å². The van der Waals surface area contributed by atoms with Gasteiger partial charge in [-0.15, -0.1) is 0 Å². The zero-order chi connectivity index (χ0) is 15.5. The van der Waals surface area contributed by atoms with Gasteiger partial charge in [0.25, 0.3) is 0 Å². The molecule has 0 spiro atoms. The molecule has 0 aromatic heterocycles. The number of anilines is 5. The minimum Gasteiger partial charge on any atom is -0.399 e. The maximum absolute atomic E-state index is 6.00. The fourth-order valence-electron chi connectivity index (χ4n) is 2.28. The first-order chi connectivity index (χ1) is 10.6. The molecule has 0 heterocycles. The lowest BCUT2D eigenvalue weighted by molar-refractivity contribution is 1.28. The van der Waals surface area contributed by atoms with Crippen LogP contribution in [0.3, 0.4) is 0 Å². The van der Waals surface area contributed by atoms with Gasteiger partial charge in [0.05, 0.1) is 0 Å². The second-order valence-electron chi connectivity index (χ2n) is 4.99. The van der Waals surface area contributed by atoms with E-state index in [1.807, 2.05) is 72.8 Å². The highest BCUT2D eigenvalue weighted by Crippen LogP contribution is 2.35. The molecule has 0 aliphatic rings. The van der Waals surface area contributed by atoms with Gasteiger partial charge in [0.2, 0.25) is 0 Å². The number of nitrogens with two attached hydrogens (primary N) is 2. The molecule has 22 heavy (non-hydrogen) atoms. The molecule has 110 valence electrons. The molecule has 0 amide bonds. The van der Waals surface area contributed by atoms with Gasteiger partial charge in [0.1, 0.15) is 0 Å². The average molecular weight is 310 g/mol. The van der Waals surface area contributed by atoms with Crippen LogP contribution in [0.2, 0.25) is 5.02 Å². The molecule has 4 heteroatoms. The van der Waals surface area contributed by atoms with Crippen molar-refractivity contribution in [2.45, 2.75) is 0 Å². The Labute approximate surface area is 134 Å². The Bertz CT molecular complexity index is 642. The maximum Gasteiger partial charge on any atom is 0.0463 e. The Balaban J connectivity index is 2.10. The third kappa shape index (κ3) is 3.00. The van der Waals surface area contributed by atoms with Crippen LogP contribution in [0.5, 0.6) is 0 Å². The summed E-state index contributed by atoms with van der Waals surface area (Å²) in [6.45, 7) is 0. The van der Waals surface area contributed by atoms with Crippen molar-refractivity contribution in [2.75, 3.05) is 16.4 Å². The van der Waals surface area contributed by atoms with E-state index in [2.05, 4.69) is 4.90 Å². The number of halogens is 1. The summed E-state index contributed by atoms with van der Waals surface area (Å²) in [5.74, 6) is 0. The number of hydrogen-bond donors (Lipinski definition) is 2. The first-order valence-corrected chi connectivity index (χ1v) is 7.28. The Kier molecular flexibility index (Phi) is 3.90. The maximum atomic E-state index is 6.00. The lowest BCUT2D eigenvalue weighted by Crippen LogP contribution is -2.09. The molecule has 0 unspecified atom stereocenters. The topological polar surface area (TPSA) is 55.3 Å². The fraction of sp³-hybridized carbons (Fsp3) is 0. The summed E-state index contributed by atoms with van der Waals surface area (Å²) in [6.07, 6.45) is 0. The molecule has 0 saturated heterocycles. The summed E-state index contributed by atoms with van der Waals surface area (Å²) in [7, 11) is 0. The van der Waals surface area contributed by atoms with E-state index in [1.165, 1.54) is 0 Å². The van der Waals surface area contributed by atoms with E-state index in [0.29, 0.717) is 5.02 Å². The van der Waals surface area contributed by atoms with E-state index in [-0.39, 0.29) is 0 Å². The number of nitrogen functional groups attached to an aromatic ring is 2. The number of nitrogens with zero attached hydrogens (tertiary/aromatic N) is 1. The second-order valence-corrected chi connectivity index (χ2v) is 5.43. The zero-order valence-electron chi connectivity index (χ0n) is 11.9. The summed E-state index contributed by atoms with van der Waals surface area (Å²) >= 11 is 6.00. The molecule has 3 rings (SSSR count). The van der Waals surface area contributed by atoms with E-state index < -0.39 is 0 Å². The smallest absolute Gasteiger partial charge is 0.0463 e. The van der Waals surface area contributed by atoms with E-state index >= 15 is 0 Å². The Hall–Kier alpha value is -2.65. The summed E-state index contributed by atoms with van der Waals surface area (Å²) in [6, 6.07) is 23.2. The van der Waals surface area contributed by atoms with E-state index in [4.69, 9.17) is 23.1 Å². The van der Waals surface area contributed by atoms with Crippen molar-refractivity contribution in [3.05, 3.63) is 77.8 Å². The number of benzene rings is 3. The van der Waals surface area contributed by atoms with Gasteiger partial charge < -0.3 is 16.4 Å². The lowest BCUT2D eigenvalue weighted by atomic mass is 10.2. The van der Waals surface area contributed by atoms with Crippen molar-refractivity contribution in [1.82, 2.24) is 0 Å². The van der Waals surface area contributed by atoms with Crippen molar-refractivity contribution >= 4 is 40.0 Å². The molecular weight excluding hydrogens is 294 g/mol. The molecule has 0 radical (unpaired) electrons. The molecule has 4 N–H and O–H groups in total. The minimum absolute atomic E-state index is 0.707. The van der Waals surface area contributed by atoms with Crippen molar-refractivity contribution in [2.24, 2.45) is 0 Å². The fourth-order valence-corrected chi connectivity index (χ4v) is 2.41. The zero-order valence-corrected chi connectivity index (χ0v) is 12.7. The standard InChI is InChI=1S/C18H16ClN3/c19-13-1-7-16(8-2-13)22(17-9-3-14(20)4-10-17)18-11-5-15(21)6-12-18/h1-12H,20-21H2. The van der Waals surface area contributed by atoms with Gasteiger partial charge in [-0.25, -0.2) is 0 Å². The van der Waals surface area contributed by atoms with Gasteiger partial charge >= 0.3 is 0 Å². The Morgan fingerprint density at radius 3 is 1.23 bits per heavy atom. The third-order valence-electron chi connectivity index (χ3n) is 3.39. The first-order valence-electron chi connectivity index (χ1n) is 6.90. The SMILES string of the molecule is Nc1ccc(N(c2ccc(N)cc2)c2ccc(Cl)cc2)cc1. The van der Waals surface area contributed by atoms with Crippen LogP contribution in [0.15, 0.2) is 72.8 Å². The van der Waals surface area contributed by atoms with Crippen LogP contribution in [0.25, 0.3) is 0 Å². The van der Waals surface area contributed by atoms with Gasteiger partial charge in [0.15, 0.2) is 0 Å². The Morgan fingerprint density at radius 2 is 0.864 bits per heavy atom. The quantitative estimate of drug-likeness (QED) is 0.671. The highest BCUT2D eigenvalue weighted by Gasteiger charge is 2.12. The minimum atomic E-state index is 0.707. The van der Waals surface area contributed by atoms with Crippen molar-refractivity contribution in [1.29, 1.82) is 0 Å². The van der Waals surface area contributed by atoms with Gasteiger partial charge in [0, 0.05) is 33.5 Å². The van der Waals surface area contributed by atoms with E-state index in [1.54, 1.807) is 0 Å². The molecule has 0 bridgehead atoms. The van der Waals surface area contributed by atoms with Crippen LogP contribution in [0, 0.1) is 0 Å². The normalized spacial score (nSPS) is 10.4. The van der Waals surface area contributed by atoms with Crippen LogP contribution in [0.4, 0.5) is 28.4 Å². The Morgan fingerprint density at radius 1 is 0.545 bits per heavy atom. The first kappa shape index (κ1) is 14.3. The van der Waals surface area contributed by atoms with Crippen molar-refractivity contribution in [3.8, 4) is 0 Å². The van der Waals surface area contributed by atoms with Crippen molar-refractivity contribution in [3.63, 3.8) is 0 Å². The van der Waals surface area contributed by atoms with Gasteiger partial charge in [-0.05, 0) is 72.8 Å². The predicted molar refractivity (Wildman–Crippen MR) is 95.0 cm³/mol. The van der Waals surface area contributed by atoms with E-state index in [0.717, 1.165) is 28.4 Å². The molecule has 3 nitrogen and oxygen atoms in total. The number of rotatable bonds is 3. The predicted octanol–water partition coefficient (Wildman–Crippen LogP) is 4.97. The van der Waals surface area contributed by atoms with Gasteiger partial charge in [-0.3, -0.25) is 0 Å². The summed E-state index contributed by atoms with van der Waals surface area (Å²) < 4.78 is 0. The highest BCUT2D eigenvalue weighted by molar-refractivity contribution is 6.30. The summed E-state index contributed by atoms with van der Waals surface area (Å²) in [5.41, 5.74) is 16.1. The summed E-state index contributed by atoms with van der Waals surface area (Å²) in [4.78, 5) is 2.12. The molecule has 0 atom stereocenters.